The van der Waals surface area contributed by atoms with Crippen LogP contribution in [0.3, 0.4) is 0 Å². The maximum Gasteiger partial charge on any atom is 0.380 e. The van der Waals surface area contributed by atoms with Crippen LogP contribution in [0.25, 0.3) is 10.9 Å². The van der Waals surface area contributed by atoms with Gasteiger partial charge in [0.15, 0.2) is 0 Å². The fourth-order valence-electron chi connectivity index (χ4n) is 2.09. The molecule has 0 saturated heterocycles. The Morgan fingerprint density at radius 2 is 2.05 bits per heavy atom. The second-order valence-electron chi connectivity index (χ2n) is 4.19. The zero-order chi connectivity index (χ0) is 14.2. The first-order valence-corrected chi connectivity index (χ1v) is 7.16. The number of nitrogens with one attached hydrogen (secondary N) is 1. The van der Waals surface area contributed by atoms with Crippen LogP contribution in [0.4, 0.5) is 0 Å². The van der Waals surface area contributed by atoms with Gasteiger partial charge in [-0.2, -0.15) is 13.6 Å². The van der Waals surface area contributed by atoms with Crippen LogP contribution in [0.1, 0.15) is 18.1 Å². The Kier molecular flexibility index (Phi) is 3.34. The maximum atomic E-state index is 11.8. The highest BCUT2D eigenvalue weighted by molar-refractivity contribution is 7.84. The van der Waals surface area contributed by atoms with Crippen LogP contribution in [0, 0.1) is 6.92 Å². The number of benzene rings is 1. The molecule has 0 radical (unpaired) electrons. The van der Waals surface area contributed by atoms with Crippen molar-refractivity contribution in [1.82, 2.24) is 4.98 Å². The molecule has 7 heteroatoms. The topological polar surface area (TPSA) is 102 Å². The lowest BCUT2D eigenvalue weighted by Crippen LogP contribution is -2.19. The Morgan fingerprint density at radius 3 is 2.63 bits per heavy atom. The first-order valence-electron chi connectivity index (χ1n) is 5.69. The van der Waals surface area contributed by atoms with Crippen molar-refractivity contribution in [3.05, 3.63) is 39.7 Å². The number of nitrogens with two attached hydrogens (primary N) is 1. The van der Waals surface area contributed by atoms with Crippen molar-refractivity contribution in [2.75, 3.05) is 0 Å². The van der Waals surface area contributed by atoms with E-state index in [1.165, 1.54) is 12.1 Å². The minimum absolute atomic E-state index is 0.0663. The van der Waals surface area contributed by atoms with Gasteiger partial charge in [-0.3, -0.25) is 4.79 Å². The number of aryl methyl sites for hydroxylation is 1. The van der Waals surface area contributed by atoms with E-state index in [1.807, 2.05) is 6.92 Å². The summed E-state index contributed by atoms with van der Waals surface area (Å²) in [6.45, 7) is 3.71. The Hall–Kier alpha value is -1.86. The molecule has 1 aromatic heterocycles. The molecule has 0 aliphatic rings. The number of pyridine rings is 1. The molecule has 0 saturated carbocycles. The minimum Gasteiger partial charge on any atom is -0.371 e. The summed E-state index contributed by atoms with van der Waals surface area (Å²) in [4.78, 5) is 14.5. The number of aromatic nitrogens is 1. The third-order valence-electron chi connectivity index (χ3n) is 2.92. The van der Waals surface area contributed by atoms with Gasteiger partial charge in [0.25, 0.3) is 5.56 Å². The fraction of sp³-hybridized carbons (Fsp3) is 0.250. The molecule has 2 aromatic rings. The third kappa shape index (κ3) is 2.77. The van der Waals surface area contributed by atoms with Crippen LogP contribution in [-0.4, -0.2) is 13.4 Å². The maximum absolute atomic E-state index is 11.8. The molecule has 3 N–H and O–H groups in total. The predicted octanol–water partition coefficient (Wildman–Crippen LogP) is 0.981. The van der Waals surface area contributed by atoms with Crippen LogP contribution in [0.2, 0.25) is 0 Å². The predicted molar refractivity (Wildman–Crippen MR) is 72.4 cm³/mol. The Morgan fingerprint density at radius 1 is 1.37 bits per heavy atom. The summed E-state index contributed by atoms with van der Waals surface area (Å²) in [6.07, 6.45) is 0.710. The average Bonchev–Trinajstić information content (AvgIpc) is 2.29. The summed E-state index contributed by atoms with van der Waals surface area (Å²) >= 11 is 0. The molecular formula is C12H14N2O4S. The molecule has 0 aliphatic heterocycles. The van der Waals surface area contributed by atoms with Crippen molar-refractivity contribution in [3.8, 4) is 5.75 Å². The van der Waals surface area contributed by atoms with Gasteiger partial charge >= 0.3 is 10.3 Å². The molecule has 2 rings (SSSR count). The summed E-state index contributed by atoms with van der Waals surface area (Å²) in [5.74, 6) is 0.0663. The van der Waals surface area contributed by atoms with Gasteiger partial charge in [0.05, 0.1) is 5.52 Å². The van der Waals surface area contributed by atoms with Crippen molar-refractivity contribution in [1.29, 1.82) is 0 Å². The summed E-state index contributed by atoms with van der Waals surface area (Å²) in [5, 5.41) is 5.66. The van der Waals surface area contributed by atoms with Gasteiger partial charge in [-0.1, -0.05) is 6.92 Å². The number of H-pyrrole nitrogens is 1. The Bertz CT molecular complexity index is 793. The molecule has 0 unspecified atom stereocenters. The summed E-state index contributed by atoms with van der Waals surface area (Å²) < 4.78 is 26.3. The largest absolute Gasteiger partial charge is 0.380 e. The second-order valence-corrected chi connectivity index (χ2v) is 5.35. The van der Waals surface area contributed by atoms with E-state index in [4.69, 9.17) is 5.14 Å². The quantitative estimate of drug-likeness (QED) is 0.876. The van der Waals surface area contributed by atoms with Gasteiger partial charge in [-0.25, -0.2) is 0 Å². The number of fused-ring (bicyclic) bond motifs is 1. The minimum atomic E-state index is -4.07. The van der Waals surface area contributed by atoms with Crippen LogP contribution >= 0.6 is 0 Å². The Balaban J connectivity index is 2.68. The molecule has 1 aromatic carbocycles. The first kappa shape index (κ1) is 13.6. The first-order chi connectivity index (χ1) is 8.81. The molecule has 0 aliphatic carbocycles. The van der Waals surface area contributed by atoms with Gasteiger partial charge in [0.1, 0.15) is 5.75 Å². The monoisotopic (exact) mass is 282 g/mol. The fourth-order valence-corrected chi connectivity index (χ4v) is 2.46. The van der Waals surface area contributed by atoms with E-state index in [-0.39, 0.29) is 11.3 Å². The van der Waals surface area contributed by atoms with Gasteiger partial charge < -0.3 is 9.17 Å². The van der Waals surface area contributed by atoms with Crippen molar-refractivity contribution in [2.45, 2.75) is 20.3 Å². The molecule has 19 heavy (non-hydrogen) atoms. The van der Waals surface area contributed by atoms with Crippen LogP contribution in [0.15, 0.2) is 23.0 Å². The molecule has 1 heterocycles. The van der Waals surface area contributed by atoms with Crippen molar-refractivity contribution in [2.24, 2.45) is 5.14 Å². The van der Waals surface area contributed by atoms with Gasteiger partial charge in [0, 0.05) is 17.0 Å². The smallest absolute Gasteiger partial charge is 0.371 e. The van der Waals surface area contributed by atoms with Crippen LogP contribution in [0.5, 0.6) is 5.75 Å². The second kappa shape index (κ2) is 4.67. The lowest BCUT2D eigenvalue weighted by Gasteiger charge is -2.09. The van der Waals surface area contributed by atoms with E-state index in [0.717, 1.165) is 10.9 Å². The SMILES string of the molecule is CCc1c(C)c(=O)[nH]c2cc(OS(N)(=O)=O)ccc12. The molecular weight excluding hydrogens is 268 g/mol. The number of hydrogen-bond donors (Lipinski definition) is 2. The van der Waals surface area contributed by atoms with Crippen molar-refractivity contribution < 1.29 is 12.6 Å². The van der Waals surface area contributed by atoms with E-state index in [9.17, 15) is 13.2 Å². The molecule has 0 spiro atoms. The summed E-state index contributed by atoms with van der Waals surface area (Å²) in [6, 6.07) is 4.65. The molecule has 6 nitrogen and oxygen atoms in total. The van der Waals surface area contributed by atoms with E-state index in [1.54, 1.807) is 13.0 Å². The third-order valence-corrected chi connectivity index (χ3v) is 3.35. The highest BCUT2D eigenvalue weighted by Crippen LogP contribution is 2.23. The summed E-state index contributed by atoms with van der Waals surface area (Å²) in [7, 11) is -4.07. The van der Waals surface area contributed by atoms with Gasteiger partial charge in [-0.15, -0.1) is 0 Å². The summed E-state index contributed by atoms with van der Waals surface area (Å²) in [5.41, 5.74) is 1.92. The standard InChI is InChI=1S/C12H14N2O4S/c1-3-9-7(2)12(15)14-11-6-8(4-5-10(9)11)18-19(13,16)17/h4-6H,3H2,1-2H3,(H,14,15)(H2,13,16,17). The van der Waals surface area contributed by atoms with E-state index in [0.29, 0.717) is 17.5 Å². The highest BCUT2D eigenvalue weighted by atomic mass is 32.2. The molecule has 0 atom stereocenters. The van der Waals surface area contributed by atoms with E-state index in [2.05, 4.69) is 9.17 Å². The molecule has 102 valence electrons. The lowest BCUT2D eigenvalue weighted by molar-refractivity contribution is 0.488. The van der Waals surface area contributed by atoms with E-state index < -0.39 is 10.3 Å². The van der Waals surface area contributed by atoms with Gasteiger partial charge in [0.2, 0.25) is 0 Å². The molecule has 0 amide bonds. The Labute approximate surface area is 110 Å². The van der Waals surface area contributed by atoms with Crippen LogP contribution < -0.4 is 14.9 Å². The lowest BCUT2D eigenvalue weighted by atomic mass is 10.0. The normalized spacial score (nSPS) is 11.7. The average molecular weight is 282 g/mol. The number of aromatic amines is 1. The van der Waals surface area contributed by atoms with E-state index >= 15 is 0 Å². The van der Waals surface area contributed by atoms with Crippen molar-refractivity contribution >= 4 is 21.2 Å². The zero-order valence-electron chi connectivity index (χ0n) is 10.6. The number of hydrogen-bond acceptors (Lipinski definition) is 4. The highest BCUT2D eigenvalue weighted by Gasteiger charge is 2.10. The van der Waals surface area contributed by atoms with Gasteiger partial charge in [-0.05, 0) is 31.0 Å². The van der Waals surface area contributed by atoms with Crippen LogP contribution in [-0.2, 0) is 16.7 Å². The number of rotatable bonds is 3. The molecule has 0 bridgehead atoms. The van der Waals surface area contributed by atoms with Crippen molar-refractivity contribution in [3.63, 3.8) is 0 Å². The molecule has 0 fully saturated rings. The zero-order valence-corrected chi connectivity index (χ0v) is 11.4.